The first kappa shape index (κ1) is 13.8. The zero-order chi connectivity index (χ0) is 12.8. The van der Waals surface area contributed by atoms with Gasteiger partial charge in [-0.05, 0) is 50.3 Å². The van der Waals surface area contributed by atoms with Crippen LogP contribution in [0.1, 0.15) is 26.3 Å². The fourth-order valence-electron chi connectivity index (χ4n) is 1.45. The summed E-state index contributed by atoms with van der Waals surface area (Å²) < 4.78 is 4.99. The SMILES string of the molecule is CCOC(=O)/C(C)=C(/C)c1ccc(SC)cc1. The van der Waals surface area contributed by atoms with Crippen LogP contribution in [-0.4, -0.2) is 18.8 Å². The molecule has 3 heteroatoms. The summed E-state index contributed by atoms with van der Waals surface area (Å²) in [4.78, 5) is 12.8. The third-order valence-corrected chi connectivity index (χ3v) is 3.41. The van der Waals surface area contributed by atoms with Gasteiger partial charge in [-0.1, -0.05) is 12.1 Å². The molecule has 92 valence electrons. The van der Waals surface area contributed by atoms with Gasteiger partial charge < -0.3 is 4.74 Å². The van der Waals surface area contributed by atoms with Gasteiger partial charge >= 0.3 is 5.97 Å². The van der Waals surface area contributed by atoms with Crippen LogP contribution < -0.4 is 0 Å². The van der Waals surface area contributed by atoms with Gasteiger partial charge in [0, 0.05) is 10.5 Å². The largest absolute Gasteiger partial charge is 0.463 e. The van der Waals surface area contributed by atoms with Crippen LogP contribution in [0.4, 0.5) is 0 Å². The molecule has 0 saturated carbocycles. The number of esters is 1. The molecule has 2 nitrogen and oxygen atoms in total. The van der Waals surface area contributed by atoms with Crippen molar-refractivity contribution < 1.29 is 9.53 Å². The van der Waals surface area contributed by atoms with Crippen LogP contribution in [0.15, 0.2) is 34.7 Å². The number of thioether (sulfide) groups is 1. The van der Waals surface area contributed by atoms with Crippen molar-refractivity contribution in [3.63, 3.8) is 0 Å². The molecule has 0 amide bonds. The molecule has 1 aromatic rings. The summed E-state index contributed by atoms with van der Waals surface area (Å²) in [6, 6.07) is 8.18. The van der Waals surface area contributed by atoms with E-state index in [2.05, 4.69) is 12.1 Å². The van der Waals surface area contributed by atoms with Crippen LogP contribution in [0.3, 0.4) is 0 Å². The highest BCUT2D eigenvalue weighted by Gasteiger charge is 2.09. The van der Waals surface area contributed by atoms with E-state index >= 15 is 0 Å². The predicted octanol–water partition coefficient (Wildman–Crippen LogP) is 3.77. The highest BCUT2D eigenvalue weighted by atomic mass is 32.2. The van der Waals surface area contributed by atoms with E-state index in [0.717, 1.165) is 11.1 Å². The Morgan fingerprint density at radius 2 is 1.82 bits per heavy atom. The number of benzene rings is 1. The molecule has 0 aliphatic rings. The second kappa shape index (κ2) is 6.50. The number of allylic oxidation sites excluding steroid dienone is 1. The summed E-state index contributed by atoms with van der Waals surface area (Å²) in [6.45, 7) is 5.97. The molecule has 0 aliphatic carbocycles. The van der Waals surface area contributed by atoms with Crippen LogP contribution >= 0.6 is 11.8 Å². The molecule has 1 aromatic carbocycles. The highest BCUT2D eigenvalue weighted by molar-refractivity contribution is 7.98. The van der Waals surface area contributed by atoms with E-state index in [9.17, 15) is 4.79 Å². The number of carbonyl (C=O) groups is 1. The molecule has 0 fully saturated rings. The van der Waals surface area contributed by atoms with Crippen molar-refractivity contribution in [2.45, 2.75) is 25.7 Å². The minimum Gasteiger partial charge on any atom is -0.463 e. The number of hydrogen-bond acceptors (Lipinski definition) is 3. The standard InChI is InChI=1S/C14H18O2S/c1-5-16-14(15)11(3)10(2)12-6-8-13(17-4)9-7-12/h6-9H,5H2,1-4H3/b11-10-. The lowest BCUT2D eigenvalue weighted by atomic mass is 10.0. The first-order valence-electron chi connectivity index (χ1n) is 5.59. The Balaban J connectivity index is 2.97. The van der Waals surface area contributed by atoms with Gasteiger partial charge in [0.1, 0.15) is 0 Å². The molecular formula is C14H18O2S. The van der Waals surface area contributed by atoms with Gasteiger partial charge in [-0.25, -0.2) is 4.79 Å². The fourth-order valence-corrected chi connectivity index (χ4v) is 1.86. The molecular weight excluding hydrogens is 232 g/mol. The van der Waals surface area contributed by atoms with Crippen LogP contribution in [-0.2, 0) is 9.53 Å². The maximum Gasteiger partial charge on any atom is 0.333 e. The topological polar surface area (TPSA) is 26.3 Å². The number of hydrogen-bond donors (Lipinski definition) is 0. The number of rotatable bonds is 4. The average molecular weight is 250 g/mol. The Kier molecular flexibility index (Phi) is 5.29. The Morgan fingerprint density at radius 3 is 2.29 bits per heavy atom. The maximum absolute atomic E-state index is 11.6. The van der Waals surface area contributed by atoms with Crippen LogP contribution in [0, 0.1) is 0 Å². The molecule has 0 unspecified atom stereocenters. The van der Waals surface area contributed by atoms with Gasteiger partial charge in [0.25, 0.3) is 0 Å². The van der Waals surface area contributed by atoms with Crippen molar-refractivity contribution in [1.29, 1.82) is 0 Å². The van der Waals surface area contributed by atoms with E-state index in [-0.39, 0.29) is 5.97 Å². The molecule has 0 N–H and O–H groups in total. The molecule has 1 rings (SSSR count). The Morgan fingerprint density at radius 1 is 1.24 bits per heavy atom. The zero-order valence-corrected chi connectivity index (χ0v) is 11.6. The summed E-state index contributed by atoms with van der Waals surface area (Å²) in [5, 5.41) is 0. The van der Waals surface area contributed by atoms with Crippen molar-refractivity contribution >= 4 is 23.3 Å². The summed E-state index contributed by atoms with van der Waals surface area (Å²) in [6.07, 6.45) is 2.04. The highest BCUT2D eigenvalue weighted by Crippen LogP contribution is 2.22. The first-order chi connectivity index (χ1) is 8.10. The first-order valence-corrected chi connectivity index (χ1v) is 6.81. The molecule has 0 aliphatic heterocycles. The van der Waals surface area contributed by atoms with E-state index in [0.29, 0.717) is 12.2 Å². The molecule has 17 heavy (non-hydrogen) atoms. The summed E-state index contributed by atoms with van der Waals surface area (Å²) in [5.74, 6) is -0.237. The van der Waals surface area contributed by atoms with Crippen molar-refractivity contribution in [2.24, 2.45) is 0 Å². The Labute approximate surface area is 107 Å². The molecule has 0 spiro atoms. The smallest absolute Gasteiger partial charge is 0.333 e. The van der Waals surface area contributed by atoms with E-state index in [1.165, 1.54) is 4.90 Å². The normalized spacial score (nSPS) is 12.0. The lowest BCUT2D eigenvalue weighted by Crippen LogP contribution is -2.06. The predicted molar refractivity (Wildman–Crippen MR) is 73.1 cm³/mol. The van der Waals surface area contributed by atoms with Gasteiger partial charge in [0.2, 0.25) is 0 Å². The van der Waals surface area contributed by atoms with E-state index in [4.69, 9.17) is 4.74 Å². The van der Waals surface area contributed by atoms with Crippen molar-refractivity contribution in [2.75, 3.05) is 12.9 Å². The van der Waals surface area contributed by atoms with Gasteiger partial charge in [-0.3, -0.25) is 0 Å². The minimum atomic E-state index is -0.237. The van der Waals surface area contributed by atoms with Crippen LogP contribution in [0.2, 0.25) is 0 Å². The quantitative estimate of drug-likeness (QED) is 0.462. The van der Waals surface area contributed by atoms with E-state index in [1.54, 1.807) is 18.7 Å². The van der Waals surface area contributed by atoms with E-state index < -0.39 is 0 Å². The van der Waals surface area contributed by atoms with Crippen LogP contribution in [0.25, 0.3) is 5.57 Å². The third kappa shape index (κ3) is 3.63. The van der Waals surface area contributed by atoms with Gasteiger partial charge in [-0.2, -0.15) is 0 Å². The Bertz CT molecular complexity index is 418. The zero-order valence-electron chi connectivity index (χ0n) is 10.7. The molecule has 0 radical (unpaired) electrons. The molecule has 0 bridgehead atoms. The second-order valence-electron chi connectivity index (χ2n) is 3.70. The third-order valence-electron chi connectivity index (χ3n) is 2.67. The average Bonchev–Trinajstić information content (AvgIpc) is 2.37. The number of ether oxygens (including phenoxy) is 1. The molecule has 0 saturated heterocycles. The van der Waals surface area contributed by atoms with Crippen molar-refractivity contribution in [3.8, 4) is 0 Å². The van der Waals surface area contributed by atoms with Crippen molar-refractivity contribution in [1.82, 2.24) is 0 Å². The molecule has 0 atom stereocenters. The van der Waals surface area contributed by atoms with E-state index in [1.807, 2.05) is 32.2 Å². The molecule has 0 aromatic heterocycles. The Hall–Kier alpha value is -1.22. The maximum atomic E-state index is 11.6. The monoisotopic (exact) mass is 250 g/mol. The summed E-state index contributed by atoms with van der Waals surface area (Å²) >= 11 is 1.70. The van der Waals surface area contributed by atoms with Crippen molar-refractivity contribution in [3.05, 3.63) is 35.4 Å². The lowest BCUT2D eigenvalue weighted by Gasteiger charge is -2.08. The molecule has 0 heterocycles. The van der Waals surface area contributed by atoms with Gasteiger partial charge in [0.15, 0.2) is 0 Å². The minimum absolute atomic E-state index is 0.237. The second-order valence-corrected chi connectivity index (χ2v) is 4.58. The fraction of sp³-hybridized carbons (Fsp3) is 0.357. The summed E-state index contributed by atoms with van der Waals surface area (Å²) in [7, 11) is 0. The van der Waals surface area contributed by atoms with Gasteiger partial charge in [-0.15, -0.1) is 11.8 Å². The lowest BCUT2D eigenvalue weighted by molar-refractivity contribution is -0.138. The summed E-state index contributed by atoms with van der Waals surface area (Å²) in [5.41, 5.74) is 2.70. The van der Waals surface area contributed by atoms with Gasteiger partial charge in [0.05, 0.1) is 6.61 Å². The number of carbonyl (C=O) groups excluding carboxylic acids is 1. The van der Waals surface area contributed by atoms with Crippen LogP contribution in [0.5, 0.6) is 0 Å².